The van der Waals surface area contributed by atoms with Crippen molar-refractivity contribution < 1.29 is 18.7 Å². The summed E-state index contributed by atoms with van der Waals surface area (Å²) < 4.78 is 20.0. The highest BCUT2D eigenvalue weighted by molar-refractivity contribution is 7.09. The van der Waals surface area contributed by atoms with E-state index in [0.29, 0.717) is 23.0 Å². The van der Waals surface area contributed by atoms with Crippen LogP contribution in [-0.4, -0.2) is 34.3 Å². The summed E-state index contributed by atoms with van der Waals surface area (Å²) in [7, 11) is 0. The number of nitrogens with one attached hydrogen (secondary N) is 1. The molecule has 0 spiro atoms. The van der Waals surface area contributed by atoms with Crippen LogP contribution in [0.2, 0.25) is 0 Å². The second-order valence-electron chi connectivity index (χ2n) is 8.32. The molecule has 0 radical (unpaired) electrons. The number of halogens is 1. The Bertz CT molecular complexity index is 1180. The number of ether oxygens (including phenoxy) is 1. The number of nitrogens with zero attached hydrogens (tertiary/aromatic N) is 2. The van der Waals surface area contributed by atoms with Crippen molar-refractivity contribution in [2.24, 2.45) is 0 Å². The second kappa shape index (κ2) is 9.70. The van der Waals surface area contributed by atoms with Crippen LogP contribution >= 0.6 is 11.3 Å². The van der Waals surface area contributed by atoms with Gasteiger partial charge in [-0.2, -0.15) is 0 Å². The maximum Gasteiger partial charge on any atom is 0.270 e. The van der Waals surface area contributed by atoms with Crippen molar-refractivity contribution in [3.63, 3.8) is 0 Å². The average molecular weight is 468 g/mol. The smallest absolute Gasteiger partial charge is 0.270 e. The number of aromatic nitrogens is 1. The SMILES string of the molecule is CC(=O)N1CCc2ccc(OCc3nc(C(=O)NC(C)C)cs3)cc2C1c1cccc(F)c1. The summed E-state index contributed by atoms with van der Waals surface area (Å²) in [6.45, 7) is 6.13. The number of carbonyl (C=O) groups is 2. The lowest BCUT2D eigenvalue weighted by Gasteiger charge is -2.37. The fourth-order valence-corrected chi connectivity index (χ4v) is 4.71. The van der Waals surface area contributed by atoms with Crippen molar-refractivity contribution in [1.82, 2.24) is 15.2 Å². The van der Waals surface area contributed by atoms with Crippen molar-refractivity contribution >= 4 is 23.2 Å². The molecule has 4 rings (SSSR count). The van der Waals surface area contributed by atoms with Crippen LogP contribution in [0.3, 0.4) is 0 Å². The zero-order valence-electron chi connectivity index (χ0n) is 18.8. The maximum absolute atomic E-state index is 14.0. The molecule has 1 aromatic heterocycles. The molecular weight excluding hydrogens is 441 g/mol. The molecule has 1 aliphatic heterocycles. The first kappa shape index (κ1) is 22.9. The Balaban J connectivity index is 1.56. The highest BCUT2D eigenvalue weighted by Crippen LogP contribution is 2.37. The summed E-state index contributed by atoms with van der Waals surface area (Å²) in [6, 6.07) is 11.8. The second-order valence-corrected chi connectivity index (χ2v) is 9.27. The Hall–Kier alpha value is -3.26. The summed E-state index contributed by atoms with van der Waals surface area (Å²) in [4.78, 5) is 30.6. The normalized spacial score (nSPS) is 15.3. The first-order chi connectivity index (χ1) is 15.8. The Kier molecular flexibility index (Phi) is 6.74. The van der Waals surface area contributed by atoms with Gasteiger partial charge >= 0.3 is 0 Å². The zero-order chi connectivity index (χ0) is 23.5. The van der Waals surface area contributed by atoms with E-state index >= 15 is 0 Å². The van der Waals surface area contributed by atoms with Gasteiger partial charge < -0.3 is 15.0 Å². The monoisotopic (exact) mass is 467 g/mol. The van der Waals surface area contributed by atoms with E-state index in [4.69, 9.17) is 4.74 Å². The quantitative estimate of drug-likeness (QED) is 0.580. The van der Waals surface area contributed by atoms with E-state index in [1.807, 2.05) is 38.1 Å². The van der Waals surface area contributed by atoms with E-state index in [9.17, 15) is 14.0 Å². The molecule has 0 saturated carbocycles. The van der Waals surface area contributed by atoms with E-state index in [1.165, 1.54) is 30.4 Å². The van der Waals surface area contributed by atoms with Crippen LogP contribution in [0.15, 0.2) is 47.8 Å². The van der Waals surface area contributed by atoms with Gasteiger partial charge in [0.05, 0.1) is 6.04 Å². The molecule has 172 valence electrons. The topological polar surface area (TPSA) is 71.5 Å². The predicted octanol–water partition coefficient (Wildman–Crippen LogP) is 4.49. The van der Waals surface area contributed by atoms with Crippen LogP contribution in [0.4, 0.5) is 4.39 Å². The number of rotatable bonds is 6. The van der Waals surface area contributed by atoms with Crippen LogP contribution < -0.4 is 10.1 Å². The van der Waals surface area contributed by atoms with Crippen LogP contribution in [0.5, 0.6) is 5.75 Å². The summed E-state index contributed by atoms with van der Waals surface area (Å²) in [5, 5.41) is 5.23. The molecule has 1 aliphatic rings. The van der Waals surface area contributed by atoms with Crippen molar-refractivity contribution in [3.8, 4) is 5.75 Å². The number of carbonyl (C=O) groups excluding carboxylic acids is 2. The highest BCUT2D eigenvalue weighted by Gasteiger charge is 2.31. The number of hydrogen-bond donors (Lipinski definition) is 1. The standard InChI is InChI=1S/C25H26FN3O3S/c1-15(2)27-25(31)22-14-33-23(28-22)13-32-20-8-7-17-9-10-29(16(3)30)24(21(17)12-20)18-5-4-6-19(26)11-18/h4-8,11-12,14-15,24H,9-10,13H2,1-3H3,(H,27,31). The number of fused-ring (bicyclic) bond motifs is 1. The Morgan fingerprint density at radius 2 is 2.09 bits per heavy atom. The minimum atomic E-state index is -0.378. The molecule has 0 saturated heterocycles. The number of hydrogen-bond acceptors (Lipinski definition) is 5. The molecule has 33 heavy (non-hydrogen) atoms. The van der Waals surface area contributed by atoms with E-state index in [1.54, 1.807) is 16.3 Å². The van der Waals surface area contributed by atoms with Gasteiger partial charge in [0.25, 0.3) is 5.91 Å². The lowest BCUT2D eigenvalue weighted by Crippen LogP contribution is -2.39. The molecule has 1 unspecified atom stereocenters. The molecule has 1 N–H and O–H groups in total. The lowest BCUT2D eigenvalue weighted by molar-refractivity contribution is -0.130. The van der Waals surface area contributed by atoms with Crippen LogP contribution in [0, 0.1) is 5.82 Å². The molecule has 2 aromatic carbocycles. The third-order valence-electron chi connectivity index (χ3n) is 5.48. The fraction of sp³-hybridized carbons (Fsp3) is 0.320. The highest BCUT2D eigenvalue weighted by atomic mass is 32.1. The summed E-state index contributed by atoms with van der Waals surface area (Å²) in [5.74, 6) is 0.0281. The van der Waals surface area contributed by atoms with Gasteiger partial charge in [-0.15, -0.1) is 11.3 Å². The maximum atomic E-state index is 14.0. The number of benzene rings is 2. The molecule has 0 aliphatic carbocycles. The van der Waals surface area contributed by atoms with Gasteiger partial charge in [-0.1, -0.05) is 18.2 Å². The minimum absolute atomic E-state index is 0.0370. The molecular formula is C25H26FN3O3S. The third kappa shape index (κ3) is 5.22. The van der Waals surface area contributed by atoms with Gasteiger partial charge in [0, 0.05) is 24.9 Å². The van der Waals surface area contributed by atoms with Gasteiger partial charge in [0.15, 0.2) is 0 Å². The molecule has 1 atom stereocenters. The van der Waals surface area contributed by atoms with Gasteiger partial charge in [0.2, 0.25) is 5.91 Å². The van der Waals surface area contributed by atoms with Crippen molar-refractivity contribution in [3.05, 3.63) is 81.1 Å². The average Bonchev–Trinajstić information content (AvgIpc) is 3.25. The van der Waals surface area contributed by atoms with E-state index in [2.05, 4.69) is 10.3 Å². The van der Waals surface area contributed by atoms with Crippen LogP contribution in [-0.2, 0) is 17.8 Å². The Labute approximate surface area is 196 Å². The fourth-order valence-electron chi connectivity index (χ4n) is 4.02. The van der Waals surface area contributed by atoms with Crippen LogP contribution in [0.25, 0.3) is 0 Å². The number of amides is 2. The first-order valence-corrected chi connectivity index (χ1v) is 11.7. The third-order valence-corrected chi connectivity index (χ3v) is 6.30. The lowest BCUT2D eigenvalue weighted by atomic mass is 9.88. The molecule has 3 aromatic rings. The van der Waals surface area contributed by atoms with Gasteiger partial charge in [0.1, 0.15) is 28.9 Å². The van der Waals surface area contributed by atoms with E-state index in [-0.39, 0.29) is 36.3 Å². The van der Waals surface area contributed by atoms with Crippen molar-refractivity contribution in [2.45, 2.75) is 45.9 Å². The first-order valence-electron chi connectivity index (χ1n) is 10.9. The predicted molar refractivity (Wildman–Crippen MR) is 125 cm³/mol. The Morgan fingerprint density at radius 1 is 1.27 bits per heavy atom. The largest absolute Gasteiger partial charge is 0.486 e. The minimum Gasteiger partial charge on any atom is -0.486 e. The van der Waals surface area contributed by atoms with E-state index in [0.717, 1.165) is 23.1 Å². The molecule has 2 amide bonds. The van der Waals surface area contributed by atoms with Gasteiger partial charge in [-0.3, -0.25) is 9.59 Å². The van der Waals surface area contributed by atoms with E-state index < -0.39 is 0 Å². The zero-order valence-corrected chi connectivity index (χ0v) is 19.6. The molecule has 8 heteroatoms. The molecule has 6 nitrogen and oxygen atoms in total. The van der Waals surface area contributed by atoms with Crippen molar-refractivity contribution in [2.75, 3.05) is 6.54 Å². The number of thiazole rings is 1. The van der Waals surface area contributed by atoms with Crippen molar-refractivity contribution in [1.29, 1.82) is 0 Å². The van der Waals surface area contributed by atoms with Gasteiger partial charge in [-0.05, 0) is 61.2 Å². The Morgan fingerprint density at radius 3 is 2.82 bits per heavy atom. The summed E-state index contributed by atoms with van der Waals surface area (Å²) in [6.07, 6.45) is 0.724. The van der Waals surface area contributed by atoms with Gasteiger partial charge in [-0.25, -0.2) is 9.37 Å². The molecule has 2 heterocycles. The molecule has 0 bridgehead atoms. The molecule has 0 fully saturated rings. The summed E-state index contributed by atoms with van der Waals surface area (Å²) in [5.41, 5.74) is 3.14. The van der Waals surface area contributed by atoms with Crippen LogP contribution in [0.1, 0.15) is 59.0 Å². The summed E-state index contributed by atoms with van der Waals surface area (Å²) >= 11 is 1.36.